The smallest absolute Gasteiger partial charge is 0.227 e. The highest BCUT2D eigenvalue weighted by Crippen LogP contribution is 2.30. The first-order valence-corrected chi connectivity index (χ1v) is 10.2. The molecule has 1 aliphatic carbocycles. The van der Waals surface area contributed by atoms with Gasteiger partial charge in [0.05, 0.1) is 6.42 Å². The van der Waals surface area contributed by atoms with Crippen molar-refractivity contribution in [1.82, 2.24) is 4.90 Å². The molecule has 0 spiro atoms. The van der Waals surface area contributed by atoms with Gasteiger partial charge in [-0.2, -0.15) is 11.3 Å². The Morgan fingerprint density at radius 3 is 2.50 bits per heavy atom. The van der Waals surface area contributed by atoms with E-state index in [0.717, 1.165) is 30.5 Å². The number of nitrogens with one attached hydrogen (secondary N) is 1. The van der Waals surface area contributed by atoms with E-state index in [4.69, 9.17) is 0 Å². The van der Waals surface area contributed by atoms with Crippen LogP contribution in [0.3, 0.4) is 0 Å². The van der Waals surface area contributed by atoms with Gasteiger partial charge in [-0.05, 0) is 66.3 Å². The molecular formula is C21H26N2O2S. The van der Waals surface area contributed by atoms with Crippen LogP contribution in [-0.2, 0) is 22.6 Å². The maximum atomic E-state index is 12.9. The number of anilines is 1. The standard InChI is InChI=1S/C21H26N2O2S/c1-3-15(2)23(13-17-10-11-26-14-17)20(24)12-16-4-8-19(9-5-16)22-21(25)18-6-7-18/h4-5,8-11,14-15,18H,3,6-7,12-13H2,1-2H3,(H,22,25)/t15-/m1/s1. The number of benzene rings is 1. The van der Waals surface area contributed by atoms with Crippen LogP contribution in [0.25, 0.3) is 0 Å². The minimum absolute atomic E-state index is 0.104. The summed E-state index contributed by atoms with van der Waals surface area (Å²) in [5, 5.41) is 7.07. The fourth-order valence-corrected chi connectivity index (χ4v) is 3.52. The normalized spacial score (nSPS) is 14.7. The van der Waals surface area contributed by atoms with Crippen molar-refractivity contribution in [1.29, 1.82) is 0 Å². The highest BCUT2D eigenvalue weighted by Gasteiger charge is 2.29. The Balaban J connectivity index is 1.61. The van der Waals surface area contributed by atoms with E-state index in [1.807, 2.05) is 34.5 Å². The van der Waals surface area contributed by atoms with E-state index < -0.39 is 0 Å². The number of carbonyl (C=O) groups is 2. The van der Waals surface area contributed by atoms with Crippen LogP contribution in [0.2, 0.25) is 0 Å². The summed E-state index contributed by atoms with van der Waals surface area (Å²) in [6, 6.07) is 9.91. The molecule has 26 heavy (non-hydrogen) atoms. The lowest BCUT2D eigenvalue weighted by Crippen LogP contribution is -2.38. The molecule has 2 amide bonds. The van der Waals surface area contributed by atoms with Gasteiger partial charge in [-0.3, -0.25) is 9.59 Å². The largest absolute Gasteiger partial charge is 0.335 e. The monoisotopic (exact) mass is 370 g/mol. The maximum absolute atomic E-state index is 12.9. The molecule has 1 atom stereocenters. The van der Waals surface area contributed by atoms with Crippen LogP contribution in [0.5, 0.6) is 0 Å². The van der Waals surface area contributed by atoms with Crippen molar-refractivity contribution in [3.05, 3.63) is 52.2 Å². The molecule has 0 bridgehead atoms. The van der Waals surface area contributed by atoms with Crippen LogP contribution in [0.15, 0.2) is 41.1 Å². The Labute approximate surface area is 159 Å². The topological polar surface area (TPSA) is 49.4 Å². The second kappa shape index (κ2) is 8.49. The Kier molecular flexibility index (Phi) is 6.09. The number of carbonyl (C=O) groups excluding carboxylic acids is 2. The van der Waals surface area contributed by atoms with Gasteiger partial charge in [0.2, 0.25) is 11.8 Å². The molecule has 1 aliphatic rings. The molecule has 138 valence electrons. The summed E-state index contributed by atoms with van der Waals surface area (Å²) in [5.41, 5.74) is 2.95. The van der Waals surface area contributed by atoms with Crippen molar-refractivity contribution in [2.75, 3.05) is 5.32 Å². The summed E-state index contributed by atoms with van der Waals surface area (Å²) in [4.78, 5) is 26.6. The van der Waals surface area contributed by atoms with Crippen molar-refractivity contribution in [2.24, 2.45) is 5.92 Å². The van der Waals surface area contributed by atoms with Gasteiger partial charge in [-0.25, -0.2) is 0 Å². The molecule has 0 radical (unpaired) electrons. The van der Waals surface area contributed by atoms with Crippen molar-refractivity contribution >= 4 is 28.8 Å². The zero-order valence-corrected chi connectivity index (χ0v) is 16.2. The van der Waals surface area contributed by atoms with Crippen LogP contribution >= 0.6 is 11.3 Å². The molecule has 1 saturated carbocycles. The molecular weight excluding hydrogens is 344 g/mol. The molecule has 5 heteroatoms. The SMILES string of the molecule is CC[C@@H](C)N(Cc1ccsc1)C(=O)Cc1ccc(NC(=O)C2CC2)cc1. The molecule has 3 rings (SSSR count). The second-order valence-electron chi connectivity index (χ2n) is 7.05. The molecule has 1 aromatic carbocycles. The quantitative estimate of drug-likeness (QED) is 0.745. The van der Waals surface area contributed by atoms with E-state index in [9.17, 15) is 9.59 Å². The lowest BCUT2D eigenvalue weighted by molar-refractivity contribution is -0.133. The predicted octanol–water partition coefficient (Wildman–Crippen LogP) is 4.47. The lowest BCUT2D eigenvalue weighted by atomic mass is 10.1. The first-order valence-electron chi connectivity index (χ1n) is 9.27. The van der Waals surface area contributed by atoms with Gasteiger partial charge in [0, 0.05) is 24.2 Å². The fraction of sp³-hybridized carbons (Fsp3) is 0.429. The number of nitrogens with zero attached hydrogens (tertiary/aromatic N) is 1. The average molecular weight is 371 g/mol. The van der Waals surface area contributed by atoms with Crippen molar-refractivity contribution in [3.8, 4) is 0 Å². The highest BCUT2D eigenvalue weighted by molar-refractivity contribution is 7.07. The van der Waals surface area contributed by atoms with E-state index in [-0.39, 0.29) is 23.8 Å². The van der Waals surface area contributed by atoms with Gasteiger partial charge in [0.25, 0.3) is 0 Å². The number of hydrogen-bond donors (Lipinski definition) is 1. The van der Waals surface area contributed by atoms with Crippen LogP contribution in [-0.4, -0.2) is 22.8 Å². The molecule has 0 saturated heterocycles. The minimum atomic E-state index is 0.104. The maximum Gasteiger partial charge on any atom is 0.227 e. The van der Waals surface area contributed by atoms with Gasteiger partial charge in [-0.1, -0.05) is 19.1 Å². The Morgan fingerprint density at radius 1 is 1.19 bits per heavy atom. The van der Waals surface area contributed by atoms with E-state index >= 15 is 0 Å². The first kappa shape index (κ1) is 18.6. The summed E-state index contributed by atoms with van der Waals surface area (Å²) < 4.78 is 0. The summed E-state index contributed by atoms with van der Waals surface area (Å²) >= 11 is 1.66. The van der Waals surface area contributed by atoms with E-state index in [1.165, 1.54) is 5.56 Å². The van der Waals surface area contributed by atoms with E-state index in [0.29, 0.717) is 13.0 Å². The summed E-state index contributed by atoms with van der Waals surface area (Å²) in [6.45, 7) is 4.86. The second-order valence-corrected chi connectivity index (χ2v) is 7.83. The van der Waals surface area contributed by atoms with Gasteiger partial charge < -0.3 is 10.2 Å². The lowest BCUT2D eigenvalue weighted by Gasteiger charge is -2.28. The molecule has 0 aliphatic heterocycles. The van der Waals surface area contributed by atoms with E-state index in [2.05, 4.69) is 30.6 Å². The van der Waals surface area contributed by atoms with Gasteiger partial charge >= 0.3 is 0 Å². The number of hydrogen-bond acceptors (Lipinski definition) is 3. The molecule has 1 fully saturated rings. The molecule has 1 N–H and O–H groups in total. The predicted molar refractivity (Wildman–Crippen MR) is 106 cm³/mol. The highest BCUT2D eigenvalue weighted by atomic mass is 32.1. The Morgan fingerprint density at radius 2 is 1.92 bits per heavy atom. The Hall–Kier alpha value is -2.14. The van der Waals surface area contributed by atoms with Crippen molar-refractivity contribution < 1.29 is 9.59 Å². The molecule has 1 heterocycles. The third-order valence-electron chi connectivity index (χ3n) is 4.90. The van der Waals surface area contributed by atoms with E-state index in [1.54, 1.807) is 11.3 Å². The van der Waals surface area contributed by atoms with Crippen molar-refractivity contribution in [2.45, 2.75) is 52.1 Å². The number of thiophene rings is 1. The van der Waals surface area contributed by atoms with Crippen LogP contribution in [0, 0.1) is 5.92 Å². The molecule has 2 aromatic rings. The van der Waals surface area contributed by atoms with Crippen molar-refractivity contribution in [3.63, 3.8) is 0 Å². The minimum Gasteiger partial charge on any atom is -0.335 e. The number of rotatable bonds is 8. The third-order valence-corrected chi connectivity index (χ3v) is 5.63. The fourth-order valence-electron chi connectivity index (χ4n) is 2.86. The van der Waals surface area contributed by atoms with Crippen LogP contribution in [0.1, 0.15) is 44.2 Å². The third kappa shape index (κ3) is 4.94. The average Bonchev–Trinajstić information content (AvgIpc) is 3.37. The Bertz CT molecular complexity index is 736. The molecule has 1 aromatic heterocycles. The first-order chi connectivity index (χ1) is 12.6. The summed E-state index contributed by atoms with van der Waals surface area (Å²) in [7, 11) is 0. The molecule has 4 nitrogen and oxygen atoms in total. The van der Waals surface area contributed by atoms with Gasteiger partial charge in [0.1, 0.15) is 0 Å². The van der Waals surface area contributed by atoms with Crippen LogP contribution < -0.4 is 5.32 Å². The number of amides is 2. The van der Waals surface area contributed by atoms with Crippen LogP contribution in [0.4, 0.5) is 5.69 Å². The zero-order valence-electron chi connectivity index (χ0n) is 15.4. The zero-order chi connectivity index (χ0) is 18.5. The molecule has 0 unspecified atom stereocenters. The summed E-state index contributed by atoms with van der Waals surface area (Å²) in [6.07, 6.45) is 3.30. The summed E-state index contributed by atoms with van der Waals surface area (Å²) in [5.74, 6) is 0.435. The van der Waals surface area contributed by atoms with Gasteiger partial charge in [0.15, 0.2) is 0 Å². The van der Waals surface area contributed by atoms with Gasteiger partial charge in [-0.15, -0.1) is 0 Å².